The molecule has 0 radical (unpaired) electrons. The molecule has 1 N–H and O–H groups in total. The number of ether oxygens (including phenoxy) is 1. The number of nitrogens with one attached hydrogen (secondary N) is 1. The van der Waals surface area contributed by atoms with E-state index in [9.17, 15) is 4.79 Å². The largest absolute Gasteiger partial charge is 0.488 e. The number of carbonyl (C=O) groups is 1. The van der Waals surface area contributed by atoms with Crippen LogP contribution in [-0.4, -0.2) is 17.6 Å². The second-order valence-electron chi connectivity index (χ2n) is 9.70. The second kappa shape index (κ2) is 11.8. The van der Waals surface area contributed by atoms with Crippen LogP contribution in [0.1, 0.15) is 56.7 Å². The highest BCUT2D eigenvalue weighted by atomic mass is 35.5. The van der Waals surface area contributed by atoms with Crippen LogP contribution in [0.25, 0.3) is 0 Å². The Morgan fingerprint density at radius 1 is 0.853 bits per heavy atom. The van der Waals surface area contributed by atoms with Crippen molar-refractivity contribution in [1.29, 1.82) is 0 Å². The summed E-state index contributed by atoms with van der Waals surface area (Å²) < 4.78 is 5.87. The van der Waals surface area contributed by atoms with Gasteiger partial charge >= 0.3 is 0 Å². The van der Waals surface area contributed by atoms with E-state index in [0.29, 0.717) is 22.9 Å². The van der Waals surface area contributed by atoms with E-state index < -0.39 is 0 Å². The van der Waals surface area contributed by atoms with Gasteiger partial charge in [0.2, 0.25) is 5.91 Å². The lowest BCUT2D eigenvalue weighted by atomic mass is 9.86. The molecular weight excluding hydrogens is 465 g/mol. The minimum atomic E-state index is -0.232. The fourth-order valence-electron chi connectivity index (χ4n) is 3.93. The van der Waals surface area contributed by atoms with Gasteiger partial charge in [-0.15, -0.1) is 0 Å². The van der Waals surface area contributed by atoms with Crippen LogP contribution in [0.5, 0.6) is 5.75 Å². The summed E-state index contributed by atoms with van der Waals surface area (Å²) in [5.74, 6) is 0.983. The zero-order chi connectivity index (χ0) is 24.7. The molecule has 34 heavy (non-hydrogen) atoms. The van der Waals surface area contributed by atoms with Gasteiger partial charge in [-0.2, -0.15) is 0 Å². The molecule has 0 heterocycles. The molecule has 2 unspecified atom stereocenters. The fourth-order valence-corrected chi connectivity index (χ4v) is 4.18. The van der Waals surface area contributed by atoms with Gasteiger partial charge in [-0.3, -0.25) is 4.79 Å². The first-order valence-electron chi connectivity index (χ1n) is 11.7. The summed E-state index contributed by atoms with van der Waals surface area (Å²) in [5, 5.41) is 4.63. The lowest BCUT2D eigenvalue weighted by Crippen LogP contribution is -2.38. The third kappa shape index (κ3) is 8.38. The van der Waals surface area contributed by atoms with Crippen molar-refractivity contribution in [3.63, 3.8) is 0 Å². The molecule has 5 heteroatoms. The van der Waals surface area contributed by atoms with Gasteiger partial charge in [0, 0.05) is 28.4 Å². The highest BCUT2D eigenvalue weighted by Gasteiger charge is 2.22. The minimum Gasteiger partial charge on any atom is -0.488 e. The van der Waals surface area contributed by atoms with Crippen molar-refractivity contribution < 1.29 is 9.53 Å². The molecule has 3 aromatic carbocycles. The Kier molecular flexibility index (Phi) is 9.04. The van der Waals surface area contributed by atoms with Crippen LogP contribution in [0.2, 0.25) is 10.0 Å². The second-order valence-corrected chi connectivity index (χ2v) is 10.6. The maximum absolute atomic E-state index is 12.8. The van der Waals surface area contributed by atoms with Gasteiger partial charge in [0.15, 0.2) is 0 Å². The number of aryl methyl sites for hydroxylation is 1. The van der Waals surface area contributed by atoms with Gasteiger partial charge in [-0.1, -0.05) is 59.6 Å². The predicted molar refractivity (Wildman–Crippen MR) is 142 cm³/mol. The van der Waals surface area contributed by atoms with E-state index in [1.807, 2.05) is 93.6 Å². The summed E-state index contributed by atoms with van der Waals surface area (Å²) in [6.07, 6.45) is 1.89. The number of benzene rings is 3. The highest BCUT2D eigenvalue weighted by molar-refractivity contribution is 6.30. The number of carbonyl (C=O) groups excluding carboxylic acids is 1. The molecular formula is C29H33Cl2NO2. The summed E-state index contributed by atoms with van der Waals surface area (Å²) in [5.41, 5.74) is 3.19. The van der Waals surface area contributed by atoms with Crippen molar-refractivity contribution in [2.75, 3.05) is 0 Å². The molecule has 180 valence electrons. The molecule has 0 aliphatic heterocycles. The third-order valence-electron chi connectivity index (χ3n) is 5.65. The standard InChI is InChI=1S/C29H33Cl2NO2/c1-20(32-28(33)18-9-21-7-16-26(17-8-21)34-29(2,3)4)27(23-10-14-25(31)15-11-23)19-22-5-12-24(30)13-6-22/h5-8,10-17,20,27H,9,18-19H2,1-4H3,(H,32,33). The summed E-state index contributed by atoms with van der Waals surface area (Å²) >= 11 is 12.2. The molecule has 0 aliphatic carbocycles. The monoisotopic (exact) mass is 497 g/mol. The van der Waals surface area contributed by atoms with Gasteiger partial charge in [0.25, 0.3) is 0 Å². The van der Waals surface area contributed by atoms with Crippen LogP contribution in [0.15, 0.2) is 72.8 Å². The van der Waals surface area contributed by atoms with E-state index in [1.165, 1.54) is 5.56 Å². The van der Waals surface area contributed by atoms with Crippen LogP contribution < -0.4 is 10.1 Å². The van der Waals surface area contributed by atoms with Gasteiger partial charge in [0.05, 0.1) is 0 Å². The van der Waals surface area contributed by atoms with E-state index in [4.69, 9.17) is 27.9 Å². The summed E-state index contributed by atoms with van der Waals surface area (Å²) in [7, 11) is 0. The Balaban J connectivity index is 1.62. The number of hydrogen-bond donors (Lipinski definition) is 1. The zero-order valence-electron chi connectivity index (χ0n) is 20.3. The Hall–Kier alpha value is -2.49. The maximum atomic E-state index is 12.8. The molecule has 3 aromatic rings. The smallest absolute Gasteiger partial charge is 0.220 e. The number of amides is 1. The SMILES string of the molecule is CC(NC(=O)CCc1ccc(OC(C)(C)C)cc1)C(Cc1ccc(Cl)cc1)c1ccc(Cl)cc1. The third-order valence-corrected chi connectivity index (χ3v) is 6.15. The first kappa shape index (κ1) is 26.1. The van der Waals surface area contributed by atoms with E-state index in [1.54, 1.807) is 0 Å². The molecule has 0 spiro atoms. The molecule has 0 fully saturated rings. The van der Waals surface area contributed by atoms with Gasteiger partial charge < -0.3 is 10.1 Å². The zero-order valence-corrected chi connectivity index (χ0v) is 21.8. The molecule has 3 rings (SSSR count). The average molecular weight is 498 g/mol. The van der Waals surface area contributed by atoms with E-state index in [-0.39, 0.29) is 23.5 Å². The van der Waals surface area contributed by atoms with Crippen LogP contribution in [-0.2, 0) is 17.6 Å². The summed E-state index contributed by atoms with van der Waals surface area (Å²) in [6, 6.07) is 23.7. The molecule has 0 bridgehead atoms. The lowest BCUT2D eigenvalue weighted by Gasteiger charge is -2.26. The van der Waals surface area contributed by atoms with Crippen LogP contribution in [0, 0.1) is 0 Å². The number of hydrogen-bond acceptors (Lipinski definition) is 2. The topological polar surface area (TPSA) is 38.3 Å². The van der Waals surface area contributed by atoms with E-state index in [0.717, 1.165) is 23.3 Å². The molecule has 0 saturated heterocycles. The Morgan fingerprint density at radius 3 is 1.94 bits per heavy atom. The fraction of sp³-hybridized carbons (Fsp3) is 0.345. The quantitative estimate of drug-likeness (QED) is 0.329. The molecule has 0 aliphatic rings. The molecule has 0 saturated carbocycles. The average Bonchev–Trinajstić information content (AvgIpc) is 2.78. The molecule has 1 amide bonds. The normalized spacial score (nSPS) is 13.2. The van der Waals surface area contributed by atoms with Crippen molar-refractivity contribution in [2.24, 2.45) is 0 Å². The van der Waals surface area contributed by atoms with Crippen molar-refractivity contribution in [1.82, 2.24) is 5.32 Å². The first-order chi connectivity index (χ1) is 16.1. The van der Waals surface area contributed by atoms with Crippen LogP contribution in [0.3, 0.4) is 0 Å². The molecule has 0 aromatic heterocycles. The van der Waals surface area contributed by atoms with Crippen LogP contribution >= 0.6 is 23.2 Å². The summed E-state index contributed by atoms with van der Waals surface area (Å²) in [4.78, 5) is 12.8. The predicted octanol–water partition coefficient (Wildman–Crippen LogP) is 7.63. The Morgan fingerprint density at radius 2 is 1.38 bits per heavy atom. The maximum Gasteiger partial charge on any atom is 0.220 e. The summed E-state index contributed by atoms with van der Waals surface area (Å²) in [6.45, 7) is 8.13. The Bertz CT molecular complexity index is 1060. The minimum absolute atomic E-state index is 0.0394. The number of halogens is 2. The van der Waals surface area contributed by atoms with E-state index >= 15 is 0 Å². The first-order valence-corrected chi connectivity index (χ1v) is 12.4. The van der Waals surface area contributed by atoms with Crippen molar-refractivity contribution in [2.45, 2.75) is 64.5 Å². The molecule has 3 nitrogen and oxygen atoms in total. The van der Waals surface area contributed by atoms with Crippen molar-refractivity contribution in [3.8, 4) is 5.75 Å². The van der Waals surface area contributed by atoms with Crippen molar-refractivity contribution >= 4 is 29.1 Å². The Labute approximate surface area is 213 Å². The molecule has 2 atom stereocenters. The van der Waals surface area contributed by atoms with Gasteiger partial charge in [-0.05, 0) is 93.6 Å². The number of rotatable bonds is 9. The van der Waals surface area contributed by atoms with Gasteiger partial charge in [0.1, 0.15) is 11.4 Å². The highest BCUT2D eigenvalue weighted by Crippen LogP contribution is 2.27. The van der Waals surface area contributed by atoms with Crippen LogP contribution in [0.4, 0.5) is 0 Å². The lowest BCUT2D eigenvalue weighted by molar-refractivity contribution is -0.121. The van der Waals surface area contributed by atoms with Crippen molar-refractivity contribution in [3.05, 3.63) is 99.5 Å². The van der Waals surface area contributed by atoms with E-state index in [2.05, 4.69) is 12.2 Å². The van der Waals surface area contributed by atoms with Gasteiger partial charge in [-0.25, -0.2) is 0 Å².